The summed E-state index contributed by atoms with van der Waals surface area (Å²) in [5.74, 6) is -6.94. The Labute approximate surface area is 215 Å². The third-order valence-corrected chi connectivity index (χ3v) is 5.69. The molecule has 1 aromatic carbocycles. The molecule has 0 bridgehead atoms. The minimum absolute atomic E-state index is 0.0903. The number of nitrogens with one attached hydrogen (secondary N) is 4. The first-order valence-corrected chi connectivity index (χ1v) is 11.6. The van der Waals surface area contributed by atoms with Gasteiger partial charge in [0.1, 0.15) is 18.1 Å². The van der Waals surface area contributed by atoms with E-state index >= 15 is 0 Å². The molecular formula is C22H28N6O8S. The van der Waals surface area contributed by atoms with Crippen LogP contribution in [0.3, 0.4) is 0 Å². The van der Waals surface area contributed by atoms with E-state index in [-0.39, 0.29) is 12.2 Å². The number of carboxylic acid groups (broad SMARTS) is 2. The first-order chi connectivity index (χ1) is 17.4. The number of fused-ring (bicyclic) bond motifs is 1. The number of nitrogens with two attached hydrogens (primary N) is 2. The number of carbonyl (C=O) groups excluding carboxylic acids is 4. The number of aromatic amines is 1. The molecule has 0 saturated carbocycles. The molecule has 0 radical (unpaired) electrons. The lowest BCUT2D eigenvalue weighted by Crippen LogP contribution is -2.58. The number of carboxylic acids is 2. The van der Waals surface area contributed by atoms with Gasteiger partial charge in [0, 0.05) is 29.3 Å². The van der Waals surface area contributed by atoms with Gasteiger partial charge in [0.25, 0.3) is 0 Å². The zero-order chi connectivity index (χ0) is 27.7. The smallest absolute Gasteiger partial charge is 0.326 e. The van der Waals surface area contributed by atoms with Gasteiger partial charge in [-0.1, -0.05) is 18.2 Å². The lowest BCUT2D eigenvalue weighted by Gasteiger charge is -2.24. The number of amides is 4. The molecule has 4 unspecified atom stereocenters. The molecule has 0 aliphatic rings. The molecule has 0 saturated heterocycles. The van der Waals surface area contributed by atoms with Crippen LogP contribution in [0.1, 0.15) is 18.4 Å². The highest BCUT2D eigenvalue weighted by atomic mass is 32.1. The molecule has 2 aromatic rings. The van der Waals surface area contributed by atoms with Gasteiger partial charge < -0.3 is 42.6 Å². The normalized spacial score (nSPS) is 14.1. The van der Waals surface area contributed by atoms with Gasteiger partial charge in [-0.05, 0) is 11.6 Å². The van der Waals surface area contributed by atoms with Crippen LogP contribution in [0.2, 0.25) is 0 Å². The molecule has 200 valence electrons. The summed E-state index contributed by atoms with van der Waals surface area (Å²) in [6, 6.07) is 1.24. The molecule has 4 atom stereocenters. The minimum Gasteiger partial charge on any atom is -0.481 e. The summed E-state index contributed by atoms with van der Waals surface area (Å²) >= 11 is 3.86. The fourth-order valence-electron chi connectivity index (χ4n) is 3.42. The summed E-state index contributed by atoms with van der Waals surface area (Å²) in [5.41, 5.74) is 12.1. The van der Waals surface area contributed by atoms with E-state index in [4.69, 9.17) is 16.6 Å². The van der Waals surface area contributed by atoms with Crippen LogP contribution in [-0.2, 0) is 35.2 Å². The highest BCUT2D eigenvalue weighted by molar-refractivity contribution is 7.80. The summed E-state index contributed by atoms with van der Waals surface area (Å²) < 4.78 is 0. The van der Waals surface area contributed by atoms with Crippen molar-refractivity contribution in [3.8, 4) is 0 Å². The second kappa shape index (κ2) is 13.3. The molecule has 37 heavy (non-hydrogen) atoms. The van der Waals surface area contributed by atoms with Gasteiger partial charge in [0.2, 0.25) is 23.6 Å². The fourth-order valence-corrected chi connectivity index (χ4v) is 3.59. The molecule has 1 aromatic heterocycles. The average Bonchev–Trinajstić information content (AvgIpc) is 3.24. The molecule has 15 heteroatoms. The second-order valence-corrected chi connectivity index (χ2v) is 8.51. The van der Waals surface area contributed by atoms with Crippen LogP contribution in [0.5, 0.6) is 0 Å². The number of thiol groups is 1. The van der Waals surface area contributed by atoms with Gasteiger partial charge in [-0.3, -0.25) is 24.0 Å². The maximum atomic E-state index is 12.9. The Bertz CT molecular complexity index is 1180. The van der Waals surface area contributed by atoms with Gasteiger partial charge in [-0.25, -0.2) is 4.79 Å². The van der Waals surface area contributed by atoms with E-state index in [1.165, 1.54) is 0 Å². The van der Waals surface area contributed by atoms with Crippen LogP contribution in [0, 0.1) is 0 Å². The predicted molar refractivity (Wildman–Crippen MR) is 133 cm³/mol. The van der Waals surface area contributed by atoms with E-state index in [2.05, 4.69) is 33.6 Å². The van der Waals surface area contributed by atoms with Crippen molar-refractivity contribution in [1.82, 2.24) is 20.9 Å². The van der Waals surface area contributed by atoms with Crippen molar-refractivity contribution in [2.45, 2.75) is 43.4 Å². The van der Waals surface area contributed by atoms with Crippen molar-refractivity contribution < 1.29 is 39.0 Å². The number of benzene rings is 1. The Hall–Kier alpha value is -4.11. The number of hydrogen-bond donors (Lipinski definition) is 9. The standard InChI is InChI=1S/C22H28N6O8S/c23-12(9-37)19(32)26-15(7-18(30)31)21(34)27-14(6-17(24)29)20(33)28-16(22(35)36)5-10-8-25-13-4-2-1-3-11(10)13/h1-4,8,12,14-16,25,37H,5-7,9,23H2,(H2,24,29)(H,26,32)(H,27,34)(H,28,33)(H,30,31)(H,35,36). The van der Waals surface area contributed by atoms with E-state index in [9.17, 15) is 33.9 Å². The van der Waals surface area contributed by atoms with Gasteiger partial charge in [0.15, 0.2) is 0 Å². The Morgan fingerprint density at radius 3 is 2.03 bits per heavy atom. The number of H-pyrrole nitrogens is 1. The number of para-hydroxylation sites is 1. The Morgan fingerprint density at radius 2 is 1.46 bits per heavy atom. The number of aliphatic carboxylic acids is 2. The predicted octanol–water partition coefficient (Wildman–Crippen LogP) is -2.14. The van der Waals surface area contributed by atoms with Crippen molar-refractivity contribution in [1.29, 1.82) is 0 Å². The molecule has 0 aliphatic heterocycles. The molecule has 14 nitrogen and oxygen atoms in total. The van der Waals surface area contributed by atoms with E-state index in [0.717, 1.165) is 10.9 Å². The van der Waals surface area contributed by atoms with Crippen LogP contribution in [0.4, 0.5) is 0 Å². The maximum Gasteiger partial charge on any atom is 0.326 e. The number of aromatic nitrogens is 1. The molecule has 0 spiro atoms. The lowest BCUT2D eigenvalue weighted by molar-refractivity contribution is -0.143. The SMILES string of the molecule is NC(=O)CC(NC(=O)C(CC(=O)O)NC(=O)C(N)CS)C(=O)NC(Cc1c[nH]c2ccccc12)C(=O)O. The molecule has 1 heterocycles. The monoisotopic (exact) mass is 536 g/mol. The topological polar surface area (TPSA) is 247 Å². The Kier molecular flexibility index (Phi) is 10.4. The number of primary amides is 1. The van der Waals surface area contributed by atoms with Gasteiger partial charge >= 0.3 is 11.9 Å². The number of carbonyl (C=O) groups is 6. The van der Waals surface area contributed by atoms with Crippen molar-refractivity contribution in [3.05, 3.63) is 36.0 Å². The summed E-state index contributed by atoms with van der Waals surface area (Å²) in [6.07, 6.45) is -0.104. The third kappa shape index (κ3) is 8.50. The van der Waals surface area contributed by atoms with Crippen molar-refractivity contribution in [3.63, 3.8) is 0 Å². The zero-order valence-corrected chi connectivity index (χ0v) is 20.4. The summed E-state index contributed by atoms with van der Waals surface area (Å²) in [7, 11) is 0. The molecule has 2 rings (SSSR count). The van der Waals surface area contributed by atoms with E-state index in [1.54, 1.807) is 30.5 Å². The number of hydrogen-bond acceptors (Lipinski definition) is 8. The van der Waals surface area contributed by atoms with Gasteiger partial charge in [-0.15, -0.1) is 0 Å². The summed E-state index contributed by atoms with van der Waals surface area (Å²) in [6.45, 7) is 0. The first kappa shape index (κ1) is 29.1. The quantitative estimate of drug-likeness (QED) is 0.119. The van der Waals surface area contributed by atoms with Crippen LogP contribution in [-0.4, -0.2) is 80.7 Å². The molecular weight excluding hydrogens is 508 g/mol. The average molecular weight is 537 g/mol. The molecule has 0 aliphatic carbocycles. The van der Waals surface area contributed by atoms with Crippen molar-refractivity contribution in [2.24, 2.45) is 11.5 Å². The highest BCUT2D eigenvalue weighted by Crippen LogP contribution is 2.19. The molecule has 0 fully saturated rings. The largest absolute Gasteiger partial charge is 0.481 e. The van der Waals surface area contributed by atoms with E-state index in [1.807, 2.05) is 0 Å². The Morgan fingerprint density at radius 1 is 0.892 bits per heavy atom. The lowest BCUT2D eigenvalue weighted by atomic mass is 10.0. The number of rotatable bonds is 14. The van der Waals surface area contributed by atoms with Crippen LogP contribution in [0.25, 0.3) is 10.9 Å². The van der Waals surface area contributed by atoms with Crippen molar-refractivity contribution in [2.75, 3.05) is 5.75 Å². The maximum absolute atomic E-state index is 12.9. The van der Waals surface area contributed by atoms with Crippen molar-refractivity contribution >= 4 is 59.1 Å². The second-order valence-electron chi connectivity index (χ2n) is 8.14. The minimum atomic E-state index is -1.65. The Balaban J connectivity index is 2.20. The molecule has 10 N–H and O–H groups in total. The molecule has 4 amide bonds. The van der Waals surface area contributed by atoms with Crippen LogP contribution >= 0.6 is 12.6 Å². The first-order valence-electron chi connectivity index (χ1n) is 11.0. The van der Waals surface area contributed by atoms with Crippen LogP contribution < -0.4 is 27.4 Å². The van der Waals surface area contributed by atoms with Gasteiger partial charge in [0.05, 0.1) is 18.9 Å². The van der Waals surface area contributed by atoms with Crippen LogP contribution in [0.15, 0.2) is 30.5 Å². The summed E-state index contributed by atoms with van der Waals surface area (Å²) in [5, 5.41) is 26.1. The van der Waals surface area contributed by atoms with Gasteiger partial charge in [-0.2, -0.15) is 12.6 Å². The third-order valence-electron chi connectivity index (χ3n) is 5.30. The zero-order valence-electron chi connectivity index (χ0n) is 19.5. The van der Waals surface area contributed by atoms with E-state index in [0.29, 0.717) is 5.56 Å². The van der Waals surface area contributed by atoms with E-state index < -0.39 is 72.6 Å². The fraction of sp³-hybridized carbons (Fsp3) is 0.364. The highest BCUT2D eigenvalue weighted by Gasteiger charge is 2.32. The summed E-state index contributed by atoms with van der Waals surface area (Å²) in [4.78, 5) is 75.3.